The van der Waals surface area contributed by atoms with Gasteiger partial charge in [-0.25, -0.2) is 14.6 Å². The highest BCUT2D eigenvalue weighted by molar-refractivity contribution is 5.73. The number of carboxylic acid groups (broad SMARTS) is 2. The number of aromatic nitrogens is 3. The van der Waals surface area contributed by atoms with Crippen LogP contribution in [0.3, 0.4) is 0 Å². The molecule has 2 fully saturated rings. The predicted octanol–water partition coefficient (Wildman–Crippen LogP) is 3.20. The maximum absolute atomic E-state index is 10.6. The van der Waals surface area contributed by atoms with E-state index in [1.165, 1.54) is 12.8 Å². The average molecular weight is 584 g/mol. The number of halogens is 6. The lowest BCUT2D eigenvalue weighted by atomic mass is 9.80. The Morgan fingerprint density at radius 1 is 0.950 bits per heavy atom. The van der Waals surface area contributed by atoms with Crippen LogP contribution in [0.2, 0.25) is 0 Å². The van der Waals surface area contributed by atoms with Crippen molar-refractivity contribution in [2.45, 2.75) is 38.3 Å². The van der Waals surface area contributed by atoms with Crippen molar-refractivity contribution in [1.29, 1.82) is 0 Å². The third-order valence-electron chi connectivity index (χ3n) is 6.14. The molecule has 1 spiro atoms. The number of aryl methyl sites for hydroxylation is 1. The molecule has 0 aliphatic carbocycles. The molecule has 40 heavy (non-hydrogen) atoms. The smallest absolute Gasteiger partial charge is 0.475 e. The van der Waals surface area contributed by atoms with Crippen LogP contribution in [0.4, 0.5) is 26.3 Å². The highest BCUT2D eigenvalue weighted by Crippen LogP contribution is 2.34. The summed E-state index contributed by atoms with van der Waals surface area (Å²) in [5, 5.41) is 14.2. The van der Waals surface area contributed by atoms with Crippen LogP contribution in [-0.4, -0.2) is 98.2 Å². The molecule has 2 saturated heterocycles. The first-order valence-electron chi connectivity index (χ1n) is 12.1. The molecule has 2 aromatic rings. The minimum Gasteiger partial charge on any atom is -0.475 e. The van der Waals surface area contributed by atoms with Gasteiger partial charge in [0.2, 0.25) is 0 Å². The van der Waals surface area contributed by atoms with Gasteiger partial charge in [-0.1, -0.05) is 6.07 Å². The Hall–Kier alpha value is -3.24. The van der Waals surface area contributed by atoms with Crippen molar-refractivity contribution in [1.82, 2.24) is 24.3 Å². The van der Waals surface area contributed by atoms with E-state index in [1.807, 2.05) is 24.7 Å². The van der Waals surface area contributed by atoms with Crippen molar-refractivity contribution >= 4 is 11.9 Å². The first-order valence-corrected chi connectivity index (χ1v) is 12.1. The number of imidazole rings is 1. The van der Waals surface area contributed by atoms with Gasteiger partial charge < -0.3 is 19.5 Å². The summed E-state index contributed by atoms with van der Waals surface area (Å²) in [5.74, 6) is -4.37. The second-order valence-electron chi connectivity index (χ2n) is 9.46. The number of ether oxygens (including phenoxy) is 1. The van der Waals surface area contributed by atoms with Gasteiger partial charge in [0.1, 0.15) is 5.82 Å². The zero-order chi connectivity index (χ0) is 30.0. The molecule has 10 nitrogen and oxygen atoms in total. The summed E-state index contributed by atoms with van der Waals surface area (Å²) in [7, 11) is 2.07. The lowest BCUT2D eigenvalue weighted by Crippen LogP contribution is -2.50. The van der Waals surface area contributed by atoms with Gasteiger partial charge >= 0.3 is 24.3 Å². The Morgan fingerprint density at radius 2 is 1.55 bits per heavy atom. The molecule has 2 N–H and O–H groups in total. The van der Waals surface area contributed by atoms with Gasteiger partial charge in [0.25, 0.3) is 0 Å². The number of carbonyl (C=O) groups is 2. The van der Waals surface area contributed by atoms with Gasteiger partial charge in [0.05, 0.1) is 25.5 Å². The van der Waals surface area contributed by atoms with Crippen molar-refractivity contribution in [3.8, 4) is 0 Å². The van der Waals surface area contributed by atoms with E-state index in [-0.39, 0.29) is 5.41 Å². The first kappa shape index (κ1) is 33.0. The number of nitrogens with zero attached hydrogens (tertiary/aromatic N) is 5. The van der Waals surface area contributed by atoms with Crippen molar-refractivity contribution < 1.29 is 50.9 Å². The summed E-state index contributed by atoms with van der Waals surface area (Å²) in [6.07, 6.45) is -1.90. The van der Waals surface area contributed by atoms with Crippen molar-refractivity contribution in [3.05, 3.63) is 48.3 Å². The summed E-state index contributed by atoms with van der Waals surface area (Å²) in [4.78, 5) is 31.9. The average Bonchev–Trinajstić information content (AvgIpc) is 3.16. The standard InChI is InChI=1S/C20H29N5O.2C2HF3O2/c1-23-10-8-22-19(23)14-24-9-4-6-20(15-24)16-25(11-12-26-17-20)13-18-5-2-3-7-21-18;2*3-2(4,5)1(6)7/h2-3,5,7-8,10H,4,6,9,11-17H2,1H3;2*(H,6,7). The Labute approximate surface area is 226 Å². The molecule has 1 atom stereocenters. The lowest BCUT2D eigenvalue weighted by Gasteiger charge is -2.43. The molecule has 0 saturated carbocycles. The van der Waals surface area contributed by atoms with Crippen LogP contribution in [0.1, 0.15) is 24.4 Å². The molecule has 1 unspecified atom stereocenters. The monoisotopic (exact) mass is 583 g/mol. The Morgan fingerprint density at radius 3 is 2.05 bits per heavy atom. The summed E-state index contributed by atoms with van der Waals surface area (Å²) in [5.41, 5.74) is 1.36. The number of pyridine rings is 1. The first-order chi connectivity index (χ1) is 18.6. The molecular weight excluding hydrogens is 552 g/mol. The zero-order valence-corrected chi connectivity index (χ0v) is 21.7. The van der Waals surface area contributed by atoms with E-state index in [1.54, 1.807) is 0 Å². The van der Waals surface area contributed by atoms with Gasteiger partial charge in [-0.05, 0) is 31.5 Å². The molecule has 4 heterocycles. The van der Waals surface area contributed by atoms with Gasteiger partial charge in [-0.15, -0.1) is 0 Å². The number of rotatable bonds is 4. The van der Waals surface area contributed by atoms with Gasteiger partial charge in [0, 0.05) is 57.2 Å². The van der Waals surface area contributed by atoms with E-state index in [2.05, 4.69) is 43.5 Å². The maximum Gasteiger partial charge on any atom is 0.490 e. The molecular formula is C24H31F6N5O5. The van der Waals surface area contributed by atoms with Crippen molar-refractivity contribution in [2.75, 3.05) is 39.4 Å². The fourth-order valence-corrected chi connectivity index (χ4v) is 4.38. The van der Waals surface area contributed by atoms with Crippen LogP contribution >= 0.6 is 0 Å². The summed E-state index contributed by atoms with van der Waals surface area (Å²) < 4.78 is 71.6. The van der Waals surface area contributed by atoms with Crippen LogP contribution in [0.15, 0.2) is 36.8 Å². The molecule has 0 aromatic carbocycles. The second kappa shape index (κ2) is 14.4. The Kier molecular flexibility index (Phi) is 11.9. The number of hydrogen-bond donors (Lipinski definition) is 2. The van der Waals surface area contributed by atoms with Crippen molar-refractivity contribution in [2.24, 2.45) is 12.5 Å². The minimum absolute atomic E-state index is 0.217. The molecule has 2 aromatic heterocycles. The largest absolute Gasteiger partial charge is 0.490 e. The van der Waals surface area contributed by atoms with E-state index in [0.717, 1.165) is 64.0 Å². The van der Waals surface area contributed by atoms with Crippen LogP contribution in [0.5, 0.6) is 0 Å². The molecule has 4 rings (SSSR count). The van der Waals surface area contributed by atoms with E-state index in [0.29, 0.717) is 0 Å². The highest BCUT2D eigenvalue weighted by atomic mass is 19.4. The molecule has 224 valence electrons. The fourth-order valence-electron chi connectivity index (χ4n) is 4.38. The van der Waals surface area contributed by atoms with Crippen LogP contribution in [-0.2, 0) is 34.5 Å². The number of hydrogen-bond acceptors (Lipinski definition) is 7. The Balaban J connectivity index is 0.000000333. The molecule has 2 aliphatic heterocycles. The molecule has 0 amide bonds. The third-order valence-corrected chi connectivity index (χ3v) is 6.14. The SMILES string of the molecule is Cn1ccnc1CN1CCCC2(COCCN(Cc3ccccn3)C2)C1.O=C(O)C(F)(F)F.O=C(O)C(F)(F)F. The van der Waals surface area contributed by atoms with E-state index in [4.69, 9.17) is 24.5 Å². The van der Waals surface area contributed by atoms with Crippen molar-refractivity contribution in [3.63, 3.8) is 0 Å². The number of alkyl halides is 6. The topological polar surface area (TPSA) is 121 Å². The minimum atomic E-state index is -5.08. The lowest BCUT2D eigenvalue weighted by molar-refractivity contribution is -0.193. The van der Waals surface area contributed by atoms with E-state index in [9.17, 15) is 26.3 Å². The molecule has 0 bridgehead atoms. The van der Waals surface area contributed by atoms with Gasteiger partial charge in [-0.2, -0.15) is 26.3 Å². The van der Waals surface area contributed by atoms with Gasteiger partial charge in [0.15, 0.2) is 0 Å². The number of carboxylic acids is 2. The normalized spacial score (nSPS) is 20.5. The predicted molar refractivity (Wildman–Crippen MR) is 128 cm³/mol. The zero-order valence-electron chi connectivity index (χ0n) is 21.7. The summed E-state index contributed by atoms with van der Waals surface area (Å²) in [6.45, 7) is 7.80. The third kappa shape index (κ3) is 11.1. The van der Waals surface area contributed by atoms with E-state index < -0.39 is 24.3 Å². The quantitative estimate of drug-likeness (QED) is 0.523. The number of likely N-dealkylation sites (tertiary alicyclic amines) is 1. The molecule has 2 aliphatic rings. The fraction of sp³-hybridized carbons (Fsp3) is 0.583. The highest BCUT2D eigenvalue weighted by Gasteiger charge is 2.40. The summed E-state index contributed by atoms with van der Waals surface area (Å²) in [6, 6.07) is 6.17. The number of aliphatic carboxylic acids is 2. The van der Waals surface area contributed by atoms with E-state index >= 15 is 0 Å². The van der Waals surface area contributed by atoms with Crippen LogP contribution < -0.4 is 0 Å². The molecule has 16 heteroatoms. The molecule has 0 radical (unpaired) electrons. The Bertz CT molecular complexity index is 1060. The maximum atomic E-state index is 10.6. The van der Waals surface area contributed by atoms with Crippen LogP contribution in [0.25, 0.3) is 0 Å². The summed E-state index contributed by atoms with van der Waals surface area (Å²) >= 11 is 0. The van der Waals surface area contributed by atoms with Crippen LogP contribution in [0, 0.1) is 5.41 Å². The number of piperidine rings is 1. The van der Waals surface area contributed by atoms with Gasteiger partial charge in [-0.3, -0.25) is 14.8 Å². The second-order valence-corrected chi connectivity index (χ2v) is 9.46.